The average molecular weight is 532 g/mol. The molecule has 4 amide bonds. The second-order valence-electron chi connectivity index (χ2n) is 10.1. The molecule has 1 aliphatic heterocycles. The largest absolute Gasteiger partial charge is 0.480 e. The molecule has 0 unspecified atom stereocenters. The van der Waals surface area contributed by atoms with Crippen LogP contribution in [-0.2, 0) is 24.0 Å². The van der Waals surface area contributed by atoms with Crippen LogP contribution in [0.2, 0.25) is 0 Å². The SMILES string of the molecule is CC(C)C[C@H](NC(=O)[C@@H]1CCC(=O)N1)C(=O)N[C@@H](CCCCN)C(=O)NC1(C(=O)O)CCCCC1.Cl. The standard InChI is InChI=1S/C24H41N5O6.ClH/c1-15(2)14-18(28-20(31)17-9-10-19(30)26-17)21(32)27-16(8-4-7-13-25)22(33)29-24(23(34)35)11-5-3-6-12-24;/h15-18H,3-14,25H2,1-2H3,(H,26,30)(H,27,32)(H,28,31)(H,29,33)(H,34,35);1H/t16-,17-,18-;/m0./s1. The fourth-order valence-corrected chi connectivity index (χ4v) is 4.69. The van der Waals surface area contributed by atoms with E-state index in [0.29, 0.717) is 64.3 Å². The van der Waals surface area contributed by atoms with Gasteiger partial charge in [0.2, 0.25) is 23.6 Å². The minimum atomic E-state index is -1.33. The lowest BCUT2D eigenvalue weighted by Crippen LogP contribution is -2.61. The predicted molar refractivity (Wildman–Crippen MR) is 136 cm³/mol. The second kappa shape index (κ2) is 15.0. The van der Waals surface area contributed by atoms with E-state index in [1.54, 1.807) is 0 Å². The third-order valence-corrected chi connectivity index (χ3v) is 6.71. The van der Waals surface area contributed by atoms with Crippen molar-refractivity contribution in [2.45, 2.75) is 108 Å². The van der Waals surface area contributed by atoms with Gasteiger partial charge in [0.25, 0.3) is 0 Å². The summed E-state index contributed by atoms with van der Waals surface area (Å²) in [6.07, 6.45) is 5.50. The lowest BCUT2D eigenvalue weighted by atomic mass is 9.81. The monoisotopic (exact) mass is 531 g/mol. The number of halogens is 1. The summed E-state index contributed by atoms with van der Waals surface area (Å²) in [5, 5.41) is 20.6. The Balaban J connectivity index is 0.00000648. The summed E-state index contributed by atoms with van der Waals surface area (Å²) in [7, 11) is 0. The Morgan fingerprint density at radius 3 is 2.25 bits per heavy atom. The molecule has 1 saturated carbocycles. The van der Waals surface area contributed by atoms with E-state index in [2.05, 4.69) is 21.3 Å². The Kier molecular flexibility index (Phi) is 13.2. The van der Waals surface area contributed by atoms with E-state index in [4.69, 9.17) is 5.73 Å². The third-order valence-electron chi connectivity index (χ3n) is 6.71. The zero-order chi connectivity index (χ0) is 26.0. The topological polar surface area (TPSA) is 180 Å². The summed E-state index contributed by atoms with van der Waals surface area (Å²) in [5.41, 5.74) is 4.25. The van der Waals surface area contributed by atoms with E-state index in [-0.39, 0.29) is 30.7 Å². The molecule has 0 aromatic rings. The molecule has 206 valence electrons. The van der Waals surface area contributed by atoms with E-state index >= 15 is 0 Å². The Morgan fingerprint density at radius 2 is 1.72 bits per heavy atom. The minimum absolute atomic E-state index is 0. The quantitative estimate of drug-likeness (QED) is 0.189. The van der Waals surface area contributed by atoms with Gasteiger partial charge in [0.05, 0.1) is 0 Å². The van der Waals surface area contributed by atoms with Gasteiger partial charge in [-0.25, -0.2) is 4.79 Å². The molecule has 0 aromatic heterocycles. The zero-order valence-corrected chi connectivity index (χ0v) is 22.1. The molecule has 0 spiro atoms. The lowest BCUT2D eigenvalue weighted by Gasteiger charge is -2.35. The third kappa shape index (κ3) is 9.24. The highest BCUT2D eigenvalue weighted by Gasteiger charge is 2.42. The van der Waals surface area contributed by atoms with Crippen molar-refractivity contribution < 1.29 is 29.1 Å². The second-order valence-corrected chi connectivity index (χ2v) is 10.1. The van der Waals surface area contributed by atoms with Crippen LogP contribution in [-0.4, -0.2) is 64.9 Å². The molecule has 2 rings (SSSR count). The first-order valence-electron chi connectivity index (χ1n) is 12.7. The first kappa shape index (κ1) is 31.6. The number of rotatable bonds is 13. The number of carbonyl (C=O) groups excluding carboxylic acids is 4. The van der Waals surface area contributed by atoms with Crippen molar-refractivity contribution in [2.24, 2.45) is 11.7 Å². The molecule has 3 atom stereocenters. The van der Waals surface area contributed by atoms with E-state index < -0.39 is 47.4 Å². The molecule has 2 aliphatic rings. The number of carbonyl (C=O) groups is 5. The number of unbranched alkanes of at least 4 members (excludes halogenated alkanes) is 1. The molecule has 12 heteroatoms. The summed E-state index contributed by atoms with van der Waals surface area (Å²) in [6.45, 7) is 4.25. The van der Waals surface area contributed by atoms with Gasteiger partial charge in [0, 0.05) is 6.42 Å². The number of aliphatic carboxylic acids is 1. The number of carboxylic acids is 1. The van der Waals surface area contributed by atoms with Crippen molar-refractivity contribution in [3.05, 3.63) is 0 Å². The van der Waals surface area contributed by atoms with E-state index in [1.807, 2.05) is 13.8 Å². The average Bonchev–Trinajstić information content (AvgIpc) is 3.24. The van der Waals surface area contributed by atoms with E-state index in [0.717, 1.165) is 6.42 Å². The van der Waals surface area contributed by atoms with Crippen LogP contribution >= 0.6 is 12.4 Å². The Bertz CT molecular complexity index is 787. The molecule has 1 aliphatic carbocycles. The van der Waals surface area contributed by atoms with E-state index in [9.17, 15) is 29.1 Å². The number of carboxylic acid groups (broad SMARTS) is 1. The van der Waals surface area contributed by atoms with Crippen LogP contribution in [0, 0.1) is 5.92 Å². The molecule has 1 heterocycles. The summed E-state index contributed by atoms with van der Waals surface area (Å²) in [5.74, 6) is -2.70. The van der Waals surface area contributed by atoms with Gasteiger partial charge in [0.15, 0.2) is 0 Å². The molecule has 7 N–H and O–H groups in total. The first-order chi connectivity index (χ1) is 16.6. The predicted octanol–water partition coefficient (Wildman–Crippen LogP) is 0.735. The number of nitrogens with two attached hydrogens (primary N) is 1. The highest BCUT2D eigenvalue weighted by atomic mass is 35.5. The molecular weight excluding hydrogens is 490 g/mol. The van der Waals surface area contributed by atoms with Crippen LogP contribution in [0.5, 0.6) is 0 Å². The molecular formula is C24H42ClN5O6. The summed E-state index contributed by atoms with van der Waals surface area (Å²) >= 11 is 0. The summed E-state index contributed by atoms with van der Waals surface area (Å²) in [6, 6.07) is -2.53. The molecule has 1 saturated heterocycles. The number of hydrogen-bond donors (Lipinski definition) is 6. The molecule has 36 heavy (non-hydrogen) atoms. The highest BCUT2D eigenvalue weighted by molar-refractivity contribution is 5.96. The molecule has 11 nitrogen and oxygen atoms in total. The summed E-state index contributed by atoms with van der Waals surface area (Å²) in [4.78, 5) is 62.5. The Hall–Kier alpha value is -2.40. The van der Waals surface area contributed by atoms with Gasteiger partial charge in [-0.05, 0) is 57.4 Å². The van der Waals surface area contributed by atoms with Crippen LogP contribution in [0.25, 0.3) is 0 Å². The van der Waals surface area contributed by atoms with Gasteiger partial charge < -0.3 is 32.1 Å². The van der Waals surface area contributed by atoms with Crippen molar-refractivity contribution in [3.8, 4) is 0 Å². The van der Waals surface area contributed by atoms with Crippen molar-refractivity contribution in [1.82, 2.24) is 21.3 Å². The maximum atomic E-state index is 13.2. The minimum Gasteiger partial charge on any atom is -0.480 e. The van der Waals surface area contributed by atoms with Crippen LogP contribution in [0.1, 0.15) is 84.5 Å². The lowest BCUT2D eigenvalue weighted by molar-refractivity contribution is -0.149. The van der Waals surface area contributed by atoms with Crippen molar-refractivity contribution in [2.75, 3.05) is 6.54 Å². The fraction of sp³-hybridized carbons (Fsp3) is 0.792. The van der Waals surface area contributed by atoms with Crippen LogP contribution in [0.4, 0.5) is 0 Å². The molecule has 0 radical (unpaired) electrons. The fourth-order valence-electron chi connectivity index (χ4n) is 4.69. The Labute approximate surface area is 218 Å². The number of hydrogen-bond acceptors (Lipinski definition) is 6. The van der Waals surface area contributed by atoms with Gasteiger partial charge in [0.1, 0.15) is 23.7 Å². The van der Waals surface area contributed by atoms with Crippen molar-refractivity contribution in [3.63, 3.8) is 0 Å². The Morgan fingerprint density at radius 1 is 1.06 bits per heavy atom. The first-order valence-corrected chi connectivity index (χ1v) is 12.7. The smallest absolute Gasteiger partial charge is 0.329 e. The van der Waals surface area contributed by atoms with Crippen molar-refractivity contribution in [1.29, 1.82) is 0 Å². The maximum Gasteiger partial charge on any atom is 0.329 e. The molecule has 0 bridgehead atoms. The normalized spacial score (nSPS) is 20.4. The number of nitrogens with one attached hydrogen (secondary N) is 4. The van der Waals surface area contributed by atoms with Crippen LogP contribution in [0.15, 0.2) is 0 Å². The van der Waals surface area contributed by atoms with Gasteiger partial charge in [-0.15, -0.1) is 12.4 Å². The molecule has 0 aromatic carbocycles. The van der Waals surface area contributed by atoms with Gasteiger partial charge >= 0.3 is 5.97 Å². The zero-order valence-electron chi connectivity index (χ0n) is 21.3. The van der Waals surface area contributed by atoms with Crippen molar-refractivity contribution >= 4 is 42.0 Å². The summed E-state index contributed by atoms with van der Waals surface area (Å²) < 4.78 is 0. The van der Waals surface area contributed by atoms with Gasteiger partial charge in [-0.2, -0.15) is 0 Å². The highest BCUT2D eigenvalue weighted by Crippen LogP contribution is 2.28. The number of amides is 4. The van der Waals surface area contributed by atoms with Gasteiger partial charge in [-0.1, -0.05) is 33.1 Å². The van der Waals surface area contributed by atoms with Gasteiger partial charge in [-0.3, -0.25) is 19.2 Å². The molecule has 2 fully saturated rings. The van der Waals surface area contributed by atoms with Crippen LogP contribution < -0.4 is 27.0 Å². The van der Waals surface area contributed by atoms with E-state index in [1.165, 1.54) is 0 Å². The maximum absolute atomic E-state index is 13.2. The van der Waals surface area contributed by atoms with Crippen LogP contribution in [0.3, 0.4) is 0 Å².